The van der Waals surface area contributed by atoms with Gasteiger partial charge >= 0.3 is 0 Å². The molecule has 0 saturated carbocycles. The van der Waals surface area contributed by atoms with E-state index in [0.29, 0.717) is 0 Å². The summed E-state index contributed by atoms with van der Waals surface area (Å²) < 4.78 is 25.1. The summed E-state index contributed by atoms with van der Waals surface area (Å²) in [5.74, 6) is 0. The Bertz CT molecular complexity index is 204. The molecule has 1 heterocycles. The minimum absolute atomic E-state index is 0.938. The van der Waals surface area contributed by atoms with Crippen LogP contribution in [-0.2, 0) is 14.6 Å². The molecule has 0 aromatic rings. The maximum absolute atomic E-state index is 10.3. The third-order valence-corrected chi connectivity index (χ3v) is 1.49. The van der Waals surface area contributed by atoms with Crippen LogP contribution in [0.5, 0.6) is 0 Å². The van der Waals surface area contributed by atoms with Gasteiger partial charge in [-0.3, -0.25) is 0 Å². The molecule has 8 heavy (non-hydrogen) atoms. The summed E-state index contributed by atoms with van der Waals surface area (Å²) >= 11 is 0. The van der Waals surface area contributed by atoms with Crippen LogP contribution in [0.1, 0.15) is 0 Å². The Morgan fingerprint density at radius 3 is 2.50 bits per heavy atom. The average molecular weight is 131 g/mol. The standard InChI is InChI=1S/C4H3O3S/c5-8(6)3-1-7-2-4-8/h1-3H. The molecular weight excluding hydrogens is 128 g/mol. The van der Waals surface area contributed by atoms with Crippen molar-refractivity contribution in [3.63, 3.8) is 0 Å². The third kappa shape index (κ3) is 1.10. The zero-order chi connectivity index (χ0) is 6.04. The highest BCUT2D eigenvalue weighted by Gasteiger charge is 2.02. The predicted octanol–water partition coefficient (Wildman–Crippen LogP) is 0.177. The first-order chi connectivity index (χ1) is 3.71. The van der Waals surface area contributed by atoms with E-state index in [4.69, 9.17) is 0 Å². The maximum atomic E-state index is 10.3. The second-order valence-corrected chi connectivity index (χ2v) is 2.79. The second-order valence-electron chi connectivity index (χ2n) is 1.19. The van der Waals surface area contributed by atoms with E-state index in [9.17, 15) is 8.42 Å². The van der Waals surface area contributed by atoms with Crippen molar-refractivity contribution in [2.75, 3.05) is 0 Å². The molecule has 0 atom stereocenters. The summed E-state index contributed by atoms with van der Waals surface area (Å²) in [7, 11) is -3.19. The van der Waals surface area contributed by atoms with E-state index in [1.165, 1.54) is 0 Å². The normalized spacial score (nSPS) is 22.5. The lowest BCUT2D eigenvalue weighted by molar-refractivity contribution is 0.399. The molecule has 0 aromatic carbocycles. The molecule has 0 N–H and O–H groups in total. The quantitative estimate of drug-likeness (QED) is 0.471. The first-order valence-corrected chi connectivity index (χ1v) is 3.41. The topological polar surface area (TPSA) is 43.4 Å². The van der Waals surface area contributed by atoms with Gasteiger partial charge in [-0.25, -0.2) is 8.42 Å². The van der Waals surface area contributed by atoms with Crippen molar-refractivity contribution >= 4 is 9.84 Å². The molecule has 1 aliphatic heterocycles. The van der Waals surface area contributed by atoms with Crippen LogP contribution in [0.2, 0.25) is 0 Å². The Hall–Kier alpha value is -0.770. The van der Waals surface area contributed by atoms with Crippen LogP contribution in [0.3, 0.4) is 0 Å². The van der Waals surface area contributed by atoms with Crippen molar-refractivity contribution in [3.8, 4) is 0 Å². The Morgan fingerprint density at radius 2 is 2.25 bits per heavy atom. The van der Waals surface area contributed by atoms with E-state index in [-0.39, 0.29) is 0 Å². The summed E-state index contributed by atoms with van der Waals surface area (Å²) in [5.41, 5.74) is 0. The summed E-state index contributed by atoms with van der Waals surface area (Å²) in [6.45, 7) is 0. The Kier molecular flexibility index (Phi) is 1.09. The zero-order valence-corrected chi connectivity index (χ0v) is 4.68. The van der Waals surface area contributed by atoms with Gasteiger partial charge in [0.05, 0.1) is 5.41 Å². The monoisotopic (exact) mass is 131 g/mol. The first-order valence-electron chi connectivity index (χ1n) is 1.87. The summed E-state index contributed by atoms with van der Waals surface area (Å²) in [6, 6.07) is 0. The van der Waals surface area contributed by atoms with E-state index in [2.05, 4.69) is 4.74 Å². The lowest BCUT2D eigenvalue weighted by atomic mass is 11.0. The number of rotatable bonds is 0. The SMILES string of the molecule is O=S1(=O)[C]=COC=C1. The number of hydrogen-bond acceptors (Lipinski definition) is 3. The van der Waals surface area contributed by atoms with Crippen molar-refractivity contribution in [2.24, 2.45) is 0 Å². The van der Waals surface area contributed by atoms with Crippen LogP contribution in [-0.4, -0.2) is 8.42 Å². The van der Waals surface area contributed by atoms with E-state index in [1.807, 2.05) is 5.41 Å². The molecule has 0 aliphatic carbocycles. The van der Waals surface area contributed by atoms with Crippen LogP contribution in [0.4, 0.5) is 0 Å². The first kappa shape index (κ1) is 5.37. The molecule has 0 bridgehead atoms. The van der Waals surface area contributed by atoms with Gasteiger partial charge in [-0.15, -0.1) is 0 Å². The van der Waals surface area contributed by atoms with E-state index in [0.717, 1.165) is 17.9 Å². The summed E-state index contributed by atoms with van der Waals surface area (Å²) in [6.07, 6.45) is 2.08. The Labute approximate surface area is 47.2 Å². The predicted molar refractivity (Wildman–Crippen MR) is 27.0 cm³/mol. The van der Waals surface area contributed by atoms with Crippen molar-refractivity contribution in [3.05, 3.63) is 23.3 Å². The molecule has 1 rings (SSSR count). The van der Waals surface area contributed by atoms with Crippen LogP contribution in [0, 0.1) is 5.41 Å². The molecule has 0 saturated heterocycles. The van der Waals surface area contributed by atoms with Crippen molar-refractivity contribution in [1.82, 2.24) is 0 Å². The lowest BCUT2D eigenvalue weighted by Gasteiger charge is -1.93. The second kappa shape index (κ2) is 1.63. The number of ether oxygens (including phenoxy) is 1. The number of sulfone groups is 1. The van der Waals surface area contributed by atoms with Gasteiger partial charge in [-0.1, -0.05) is 0 Å². The molecule has 4 heteroatoms. The van der Waals surface area contributed by atoms with E-state index < -0.39 is 9.84 Å². The van der Waals surface area contributed by atoms with Crippen molar-refractivity contribution in [1.29, 1.82) is 0 Å². The van der Waals surface area contributed by atoms with Gasteiger partial charge in [0, 0.05) is 0 Å². The Morgan fingerprint density at radius 1 is 1.50 bits per heavy atom. The Balaban J connectivity index is 3.03. The smallest absolute Gasteiger partial charge is 0.207 e. The molecule has 0 amide bonds. The fourth-order valence-electron chi connectivity index (χ4n) is 0.279. The van der Waals surface area contributed by atoms with E-state index in [1.54, 1.807) is 0 Å². The van der Waals surface area contributed by atoms with Gasteiger partial charge in [0.25, 0.3) is 0 Å². The van der Waals surface area contributed by atoms with Gasteiger partial charge in [0.1, 0.15) is 17.9 Å². The molecule has 1 radical (unpaired) electrons. The fourth-order valence-corrected chi connectivity index (χ4v) is 0.757. The summed E-state index contributed by atoms with van der Waals surface area (Å²) in [5, 5.41) is 2.93. The van der Waals surface area contributed by atoms with Crippen molar-refractivity contribution < 1.29 is 13.2 Å². The zero-order valence-electron chi connectivity index (χ0n) is 3.87. The van der Waals surface area contributed by atoms with Gasteiger partial charge in [-0.05, 0) is 0 Å². The minimum Gasteiger partial charge on any atom is -0.470 e. The largest absolute Gasteiger partial charge is 0.470 e. The van der Waals surface area contributed by atoms with Gasteiger partial charge < -0.3 is 4.74 Å². The molecule has 43 valence electrons. The molecule has 1 aliphatic rings. The molecule has 0 unspecified atom stereocenters. The van der Waals surface area contributed by atoms with Crippen LogP contribution >= 0.6 is 0 Å². The van der Waals surface area contributed by atoms with Gasteiger partial charge in [0.15, 0.2) is 0 Å². The summed E-state index contributed by atoms with van der Waals surface area (Å²) in [4.78, 5) is 0. The van der Waals surface area contributed by atoms with Gasteiger partial charge in [-0.2, -0.15) is 0 Å². The highest BCUT2D eigenvalue weighted by molar-refractivity contribution is 7.95. The maximum Gasteiger partial charge on any atom is 0.207 e. The van der Waals surface area contributed by atoms with E-state index >= 15 is 0 Å². The van der Waals surface area contributed by atoms with Crippen molar-refractivity contribution in [2.45, 2.75) is 0 Å². The highest BCUT2D eigenvalue weighted by Crippen LogP contribution is 1.99. The third-order valence-electron chi connectivity index (χ3n) is 0.594. The average Bonchev–Trinajstić information content (AvgIpc) is 1.65. The van der Waals surface area contributed by atoms with Crippen LogP contribution in [0.25, 0.3) is 0 Å². The molecule has 0 spiro atoms. The molecule has 0 fully saturated rings. The molecule has 3 nitrogen and oxygen atoms in total. The lowest BCUT2D eigenvalue weighted by Crippen LogP contribution is -1.92. The molecular formula is C4H3O3S. The fraction of sp³-hybridized carbons (Fsp3) is 0. The highest BCUT2D eigenvalue weighted by atomic mass is 32.2. The van der Waals surface area contributed by atoms with Crippen LogP contribution in [0.15, 0.2) is 17.9 Å². The van der Waals surface area contributed by atoms with Gasteiger partial charge in [0.2, 0.25) is 9.84 Å². The number of hydrogen-bond donors (Lipinski definition) is 0. The molecule has 0 aromatic heterocycles. The van der Waals surface area contributed by atoms with Crippen LogP contribution < -0.4 is 0 Å². The minimum atomic E-state index is -3.19.